The molecule has 2 heterocycles. The molecule has 4 nitrogen and oxygen atoms in total. The van der Waals surface area contributed by atoms with Crippen molar-refractivity contribution in [1.82, 2.24) is 9.88 Å². The molecule has 0 amide bonds. The highest BCUT2D eigenvalue weighted by atomic mass is 32.2. The number of halogens is 3. The third-order valence-electron chi connectivity index (χ3n) is 4.96. The van der Waals surface area contributed by atoms with E-state index in [-0.39, 0.29) is 5.56 Å². The largest absolute Gasteiger partial charge is 0.396 e. The molecule has 1 saturated heterocycles. The van der Waals surface area contributed by atoms with Crippen LogP contribution in [0, 0.1) is 0 Å². The highest BCUT2D eigenvalue weighted by molar-refractivity contribution is 7.90. The molecule has 2 aromatic rings. The molecule has 0 bridgehead atoms. The van der Waals surface area contributed by atoms with Crippen molar-refractivity contribution in [2.75, 3.05) is 25.1 Å². The summed E-state index contributed by atoms with van der Waals surface area (Å²) < 4.78 is 62.7. The zero-order valence-corrected chi connectivity index (χ0v) is 17.2. The van der Waals surface area contributed by atoms with Crippen molar-refractivity contribution in [1.29, 1.82) is 0 Å². The summed E-state index contributed by atoms with van der Waals surface area (Å²) in [5, 5.41) is 3.11. The van der Waals surface area contributed by atoms with E-state index < -0.39 is 27.7 Å². The van der Waals surface area contributed by atoms with Gasteiger partial charge in [-0.1, -0.05) is 24.3 Å². The van der Waals surface area contributed by atoms with Gasteiger partial charge in [0.2, 0.25) is 0 Å². The van der Waals surface area contributed by atoms with E-state index >= 15 is 0 Å². The fourth-order valence-corrected chi connectivity index (χ4v) is 5.39. The Morgan fingerprint density at radius 3 is 2.57 bits per heavy atom. The standard InChI is InChI=1S/C19H23F3N2O2S2/c1-28(25,26)13-17(19(20,21)22)15-6-4-14(5-7-15)11-24-9-2-3-16(12-24)18-23-8-10-27-18/h4-8,10,16-17H,2-3,9,11-13H2,1H3/t16?,17-/m0/s1. The van der Waals surface area contributed by atoms with Gasteiger partial charge < -0.3 is 0 Å². The Morgan fingerprint density at radius 1 is 1.29 bits per heavy atom. The van der Waals surface area contributed by atoms with Crippen molar-refractivity contribution in [3.05, 3.63) is 52.0 Å². The van der Waals surface area contributed by atoms with E-state index in [2.05, 4.69) is 9.88 Å². The summed E-state index contributed by atoms with van der Waals surface area (Å²) in [6.45, 7) is 2.49. The molecule has 1 fully saturated rings. The molecule has 1 aliphatic heterocycles. The van der Waals surface area contributed by atoms with Gasteiger partial charge in [-0.05, 0) is 30.5 Å². The average molecular weight is 433 g/mol. The van der Waals surface area contributed by atoms with Gasteiger partial charge >= 0.3 is 6.18 Å². The van der Waals surface area contributed by atoms with Crippen LogP contribution in [0.1, 0.15) is 40.8 Å². The minimum Gasteiger partial charge on any atom is -0.298 e. The van der Waals surface area contributed by atoms with Crippen molar-refractivity contribution in [3.8, 4) is 0 Å². The molecule has 28 heavy (non-hydrogen) atoms. The molecule has 0 saturated carbocycles. The van der Waals surface area contributed by atoms with E-state index in [1.165, 1.54) is 12.1 Å². The lowest BCUT2D eigenvalue weighted by atomic mass is 9.97. The van der Waals surface area contributed by atoms with Crippen molar-refractivity contribution in [2.24, 2.45) is 0 Å². The number of hydrogen-bond donors (Lipinski definition) is 0. The van der Waals surface area contributed by atoms with Crippen LogP contribution in [0.25, 0.3) is 0 Å². The van der Waals surface area contributed by atoms with Crippen LogP contribution < -0.4 is 0 Å². The van der Waals surface area contributed by atoms with Gasteiger partial charge in [-0.3, -0.25) is 4.90 Å². The van der Waals surface area contributed by atoms with E-state index in [1.54, 1.807) is 23.5 Å². The zero-order valence-electron chi connectivity index (χ0n) is 15.5. The van der Waals surface area contributed by atoms with Gasteiger partial charge in [-0.25, -0.2) is 13.4 Å². The minimum absolute atomic E-state index is 0.0130. The second-order valence-electron chi connectivity index (χ2n) is 7.37. The van der Waals surface area contributed by atoms with Crippen LogP contribution in [-0.2, 0) is 16.4 Å². The molecule has 1 aromatic carbocycles. The monoisotopic (exact) mass is 432 g/mol. The van der Waals surface area contributed by atoms with Crippen molar-refractivity contribution >= 4 is 21.2 Å². The first kappa shape index (κ1) is 21.3. The number of benzene rings is 1. The molecular weight excluding hydrogens is 409 g/mol. The third kappa shape index (κ3) is 5.78. The smallest absolute Gasteiger partial charge is 0.298 e. The Balaban J connectivity index is 1.68. The highest BCUT2D eigenvalue weighted by Gasteiger charge is 2.42. The Labute approximate surface area is 167 Å². The summed E-state index contributed by atoms with van der Waals surface area (Å²) in [4.78, 5) is 6.69. The van der Waals surface area contributed by atoms with E-state index in [0.29, 0.717) is 12.5 Å². The fourth-order valence-electron chi connectivity index (χ4n) is 3.63. The number of alkyl halides is 3. The number of hydrogen-bond acceptors (Lipinski definition) is 5. The molecule has 0 radical (unpaired) electrons. The van der Waals surface area contributed by atoms with Crippen LogP contribution in [0.5, 0.6) is 0 Å². The number of thiazole rings is 1. The van der Waals surface area contributed by atoms with Crippen molar-refractivity contribution < 1.29 is 21.6 Å². The predicted molar refractivity (Wildman–Crippen MR) is 104 cm³/mol. The van der Waals surface area contributed by atoms with Gasteiger partial charge in [0, 0.05) is 36.8 Å². The summed E-state index contributed by atoms with van der Waals surface area (Å²) in [5.74, 6) is -2.53. The van der Waals surface area contributed by atoms with Gasteiger partial charge in [-0.2, -0.15) is 13.2 Å². The predicted octanol–water partition coefficient (Wildman–Crippen LogP) is 4.21. The van der Waals surface area contributed by atoms with Gasteiger partial charge in [0.1, 0.15) is 9.84 Å². The molecular formula is C19H23F3N2O2S2. The van der Waals surface area contributed by atoms with Crippen LogP contribution in [0.4, 0.5) is 13.2 Å². The molecule has 1 aliphatic rings. The second kappa shape index (κ2) is 8.51. The van der Waals surface area contributed by atoms with Crippen molar-refractivity contribution in [3.63, 3.8) is 0 Å². The van der Waals surface area contributed by atoms with Crippen LogP contribution in [0.15, 0.2) is 35.8 Å². The first-order valence-electron chi connectivity index (χ1n) is 9.07. The lowest BCUT2D eigenvalue weighted by Crippen LogP contribution is -2.33. The Hall–Kier alpha value is -1.45. The molecule has 0 N–H and O–H groups in total. The molecule has 0 aliphatic carbocycles. The molecule has 9 heteroatoms. The number of sulfone groups is 1. The summed E-state index contributed by atoms with van der Waals surface area (Å²) in [6, 6.07) is 6.15. The fraction of sp³-hybridized carbons (Fsp3) is 0.526. The summed E-state index contributed by atoms with van der Waals surface area (Å²) in [5.41, 5.74) is 0.907. The summed E-state index contributed by atoms with van der Waals surface area (Å²) in [6.07, 6.45) is 0.202. The Morgan fingerprint density at radius 2 is 2.00 bits per heavy atom. The van der Waals surface area contributed by atoms with Crippen LogP contribution in [-0.4, -0.2) is 49.6 Å². The molecule has 154 valence electrons. The maximum Gasteiger partial charge on any atom is 0.396 e. The third-order valence-corrected chi connectivity index (χ3v) is 6.84. The van der Waals surface area contributed by atoms with Crippen LogP contribution >= 0.6 is 11.3 Å². The number of piperidine rings is 1. The second-order valence-corrected chi connectivity index (χ2v) is 10.5. The average Bonchev–Trinajstić information content (AvgIpc) is 3.14. The lowest BCUT2D eigenvalue weighted by molar-refractivity contribution is -0.145. The van der Waals surface area contributed by atoms with Crippen LogP contribution in [0.2, 0.25) is 0 Å². The van der Waals surface area contributed by atoms with E-state index in [0.717, 1.165) is 42.8 Å². The van der Waals surface area contributed by atoms with E-state index in [9.17, 15) is 21.6 Å². The van der Waals surface area contributed by atoms with Crippen molar-refractivity contribution in [2.45, 2.75) is 37.4 Å². The summed E-state index contributed by atoms with van der Waals surface area (Å²) in [7, 11) is -3.75. The quantitative estimate of drug-likeness (QED) is 0.686. The maximum atomic E-state index is 13.3. The number of nitrogens with zero attached hydrogens (tertiary/aromatic N) is 2. The number of rotatable bonds is 6. The normalized spacial score (nSPS) is 20.2. The first-order chi connectivity index (χ1) is 13.1. The van der Waals surface area contributed by atoms with E-state index in [1.807, 2.05) is 11.6 Å². The Kier molecular flexibility index (Phi) is 6.46. The zero-order chi connectivity index (χ0) is 20.4. The minimum atomic E-state index is -4.60. The number of aromatic nitrogens is 1. The number of likely N-dealkylation sites (tertiary alicyclic amines) is 1. The highest BCUT2D eigenvalue weighted by Crippen LogP contribution is 2.36. The molecule has 3 rings (SSSR count). The SMILES string of the molecule is CS(=O)(=O)C[C@@H](c1ccc(CN2CCCC(c3nccs3)C2)cc1)C(F)(F)F. The van der Waals surface area contributed by atoms with Gasteiger partial charge in [0.25, 0.3) is 0 Å². The maximum absolute atomic E-state index is 13.3. The molecule has 1 aromatic heterocycles. The summed E-state index contributed by atoms with van der Waals surface area (Å²) >= 11 is 1.66. The molecule has 1 unspecified atom stereocenters. The molecule has 0 spiro atoms. The van der Waals surface area contributed by atoms with Crippen LogP contribution in [0.3, 0.4) is 0 Å². The molecule has 2 atom stereocenters. The lowest BCUT2D eigenvalue weighted by Gasteiger charge is -2.31. The van der Waals surface area contributed by atoms with E-state index in [4.69, 9.17) is 0 Å². The van der Waals surface area contributed by atoms with Gasteiger partial charge in [0.05, 0.1) is 16.7 Å². The topological polar surface area (TPSA) is 50.3 Å². The van der Waals surface area contributed by atoms with Gasteiger partial charge in [0.15, 0.2) is 0 Å². The Bertz CT molecular complexity index is 866. The van der Waals surface area contributed by atoms with Gasteiger partial charge in [-0.15, -0.1) is 11.3 Å². The first-order valence-corrected chi connectivity index (χ1v) is 12.0.